The number of para-hydroxylation sites is 1. The molecule has 0 aromatic heterocycles. The molecular weight excluding hydrogens is 355 g/mol. The largest absolute Gasteiger partial charge is 0.378 e. The first kappa shape index (κ1) is 17.0. The molecule has 1 heterocycles. The van der Waals surface area contributed by atoms with E-state index < -0.39 is 20.7 Å². The van der Waals surface area contributed by atoms with Gasteiger partial charge in [0.05, 0.1) is 29.6 Å². The normalized spacial score (nSPS) is 15.3. The summed E-state index contributed by atoms with van der Waals surface area (Å²) in [6.45, 7) is 2.26. The van der Waals surface area contributed by atoms with Gasteiger partial charge in [0.25, 0.3) is 10.0 Å². The van der Waals surface area contributed by atoms with Gasteiger partial charge in [-0.15, -0.1) is 0 Å². The Balaban J connectivity index is 1.98. The van der Waals surface area contributed by atoms with Gasteiger partial charge in [0.1, 0.15) is 10.7 Å². The Kier molecular flexibility index (Phi) is 4.93. The van der Waals surface area contributed by atoms with Crippen molar-refractivity contribution < 1.29 is 17.5 Å². The van der Waals surface area contributed by atoms with Crippen molar-refractivity contribution >= 4 is 33.0 Å². The SMILES string of the molecule is O=S(=O)(Nc1cccc(Cl)c1N1CCOCC1)c1ccccc1F. The number of halogens is 2. The van der Waals surface area contributed by atoms with Gasteiger partial charge in [0.15, 0.2) is 0 Å². The highest BCUT2D eigenvalue weighted by Gasteiger charge is 2.23. The molecule has 1 aliphatic rings. The van der Waals surface area contributed by atoms with Crippen LogP contribution in [0.25, 0.3) is 0 Å². The Hall–Kier alpha value is -1.83. The van der Waals surface area contributed by atoms with Crippen molar-refractivity contribution in [1.82, 2.24) is 0 Å². The van der Waals surface area contributed by atoms with Crippen LogP contribution in [0.1, 0.15) is 0 Å². The quantitative estimate of drug-likeness (QED) is 0.898. The molecule has 2 aromatic carbocycles. The third-order valence-corrected chi connectivity index (χ3v) is 5.39. The third-order valence-electron chi connectivity index (χ3n) is 3.68. The van der Waals surface area contributed by atoms with E-state index in [0.29, 0.717) is 42.7 Å². The number of hydrogen-bond acceptors (Lipinski definition) is 4. The van der Waals surface area contributed by atoms with E-state index in [4.69, 9.17) is 16.3 Å². The highest BCUT2D eigenvalue weighted by Crippen LogP contribution is 2.35. The number of sulfonamides is 1. The number of nitrogens with zero attached hydrogens (tertiary/aromatic N) is 1. The summed E-state index contributed by atoms with van der Waals surface area (Å²) in [5, 5.41) is 0.422. The standard InChI is InChI=1S/C16H16ClFN2O3S/c17-12-4-3-6-14(16(12)20-8-10-23-11-9-20)19-24(21,22)15-7-2-1-5-13(15)18/h1-7,19H,8-11H2. The summed E-state index contributed by atoms with van der Waals surface area (Å²) in [5.41, 5.74) is 0.884. The van der Waals surface area contributed by atoms with Gasteiger partial charge in [-0.25, -0.2) is 12.8 Å². The first-order chi connectivity index (χ1) is 11.5. The Morgan fingerprint density at radius 2 is 1.79 bits per heavy atom. The third kappa shape index (κ3) is 3.48. The average Bonchev–Trinajstić information content (AvgIpc) is 2.55. The molecular formula is C16H16ClFN2O3S. The second-order valence-corrected chi connectivity index (χ2v) is 7.33. The van der Waals surface area contributed by atoms with Crippen LogP contribution in [0.2, 0.25) is 5.02 Å². The highest BCUT2D eigenvalue weighted by atomic mass is 35.5. The van der Waals surface area contributed by atoms with E-state index >= 15 is 0 Å². The maximum atomic E-state index is 13.9. The number of ether oxygens (including phenoxy) is 1. The molecule has 1 saturated heterocycles. The van der Waals surface area contributed by atoms with E-state index in [9.17, 15) is 12.8 Å². The monoisotopic (exact) mass is 370 g/mol. The second-order valence-electron chi connectivity index (χ2n) is 5.27. The minimum atomic E-state index is -4.06. The summed E-state index contributed by atoms with van der Waals surface area (Å²) in [5.74, 6) is -0.806. The fraction of sp³-hybridized carbons (Fsp3) is 0.250. The molecule has 2 aromatic rings. The van der Waals surface area contributed by atoms with Crippen molar-refractivity contribution in [3.05, 3.63) is 53.3 Å². The van der Waals surface area contributed by atoms with Gasteiger partial charge >= 0.3 is 0 Å². The lowest BCUT2D eigenvalue weighted by Gasteiger charge is -2.31. The van der Waals surface area contributed by atoms with Crippen molar-refractivity contribution in [3.8, 4) is 0 Å². The summed E-state index contributed by atoms with van der Waals surface area (Å²) in [6, 6.07) is 10.2. The van der Waals surface area contributed by atoms with Gasteiger partial charge in [0.2, 0.25) is 0 Å². The summed E-state index contributed by atoms with van der Waals surface area (Å²) in [7, 11) is -4.06. The first-order valence-corrected chi connectivity index (χ1v) is 9.24. The van der Waals surface area contributed by atoms with Crippen LogP contribution in [0.5, 0.6) is 0 Å². The average molecular weight is 371 g/mol. The summed E-state index contributed by atoms with van der Waals surface area (Å²) in [4.78, 5) is 1.54. The molecule has 8 heteroatoms. The second kappa shape index (κ2) is 6.96. The van der Waals surface area contributed by atoms with E-state index in [1.54, 1.807) is 18.2 Å². The number of nitrogens with one attached hydrogen (secondary N) is 1. The molecule has 5 nitrogen and oxygen atoms in total. The zero-order chi connectivity index (χ0) is 17.2. The summed E-state index contributed by atoms with van der Waals surface area (Å²) >= 11 is 6.28. The highest BCUT2D eigenvalue weighted by molar-refractivity contribution is 7.92. The van der Waals surface area contributed by atoms with Crippen LogP contribution in [-0.2, 0) is 14.8 Å². The molecule has 0 radical (unpaired) electrons. The van der Waals surface area contributed by atoms with Crippen LogP contribution < -0.4 is 9.62 Å². The molecule has 1 aliphatic heterocycles. The van der Waals surface area contributed by atoms with Gasteiger partial charge < -0.3 is 9.64 Å². The molecule has 24 heavy (non-hydrogen) atoms. The van der Waals surface area contributed by atoms with Crippen molar-refractivity contribution in [2.45, 2.75) is 4.90 Å². The minimum Gasteiger partial charge on any atom is -0.378 e. The molecule has 0 spiro atoms. The minimum absolute atomic E-state index is 0.313. The Bertz CT molecular complexity index is 839. The molecule has 0 bridgehead atoms. The van der Waals surface area contributed by atoms with Crippen molar-refractivity contribution in [2.24, 2.45) is 0 Å². The van der Waals surface area contributed by atoms with Crippen LogP contribution in [0.15, 0.2) is 47.4 Å². The lowest BCUT2D eigenvalue weighted by Crippen LogP contribution is -2.37. The molecule has 0 amide bonds. The lowest BCUT2D eigenvalue weighted by molar-refractivity contribution is 0.123. The van der Waals surface area contributed by atoms with E-state index in [1.807, 2.05) is 4.90 Å². The van der Waals surface area contributed by atoms with Crippen molar-refractivity contribution in [2.75, 3.05) is 35.9 Å². The summed E-state index contributed by atoms with van der Waals surface area (Å²) < 4.78 is 46.7. The number of rotatable bonds is 4. The Morgan fingerprint density at radius 3 is 2.50 bits per heavy atom. The Morgan fingerprint density at radius 1 is 1.08 bits per heavy atom. The molecule has 0 atom stereocenters. The van der Waals surface area contributed by atoms with E-state index in [1.165, 1.54) is 18.2 Å². The molecule has 0 unspecified atom stereocenters. The van der Waals surface area contributed by atoms with Gasteiger partial charge in [-0.05, 0) is 24.3 Å². The van der Waals surface area contributed by atoms with Crippen molar-refractivity contribution in [1.29, 1.82) is 0 Å². The van der Waals surface area contributed by atoms with Gasteiger partial charge in [-0.1, -0.05) is 29.8 Å². The predicted molar refractivity (Wildman–Crippen MR) is 91.7 cm³/mol. The molecule has 1 N–H and O–H groups in total. The molecule has 0 aliphatic carbocycles. The maximum Gasteiger partial charge on any atom is 0.264 e. The van der Waals surface area contributed by atoms with Gasteiger partial charge in [0, 0.05) is 13.1 Å². The van der Waals surface area contributed by atoms with Crippen LogP contribution in [-0.4, -0.2) is 34.7 Å². The fourth-order valence-electron chi connectivity index (χ4n) is 2.57. The van der Waals surface area contributed by atoms with Crippen LogP contribution in [0.4, 0.5) is 15.8 Å². The predicted octanol–water partition coefficient (Wildman–Crippen LogP) is 3.12. The number of morpholine rings is 1. The first-order valence-electron chi connectivity index (χ1n) is 7.37. The van der Waals surface area contributed by atoms with Crippen molar-refractivity contribution in [3.63, 3.8) is 0 Å². The molecule has 3 rings (SSSR count). The number of benzene rings is 2. The smallest absolute Gasteiger partial charge is 0.264 e. The molecule has 128 valence electrons. The summed E-state index contributed by atoms with van der Waals surface area (Å²) in [6.07, 6.45) is 0. The molecule has 1 fully saturated rings. The molecule has 0 saturated carbocycles. The maximum absolute atomic E-state index is 13.9. The van der Waals surface area contributed by atoms with Gasteiger partial charge in [-0.2, -0.15) is 0 Å². The van der Waals surface area contributed by atoms with E-state index in [2.05, 4.69) is 4.72 Å². The zero-order valence-electron chi connectivity index (χ0n) is 12.7. The fourth-order valence-corrected chi connectivity index (χ4v) is 4.01. The van der Waals surface area contributed by atoms with Gasteiger partial charge in [-0.3, -0.25) is 4.72 Å². The zero-order valence-corrected chi connectivity index (χ0v) is 14.3. The van der Waals surface area contributed by atoms with E-state index in [0.717, 1.165) is 6.07 Å². The number of hydrogen-bond donors (Lipinski definition) is 1. The lowest BCUT2D eigenvalue weighted by atomic mass is 10.2. The van der Waals surface area contributed by atoms with Crippen LogP contribution in [0.3, 0.4) is 0 Å². The Labute approximate surface area is 145 Å². The van der Waals surface area contributed by atoms with E-state index in [-0.39, 0.29) is 0 Å². The van der Waals surface area contributed by atoms with Crippen LogP contribution >= 0.6 is 11.6 Å². The number of anilines is 2. The topological polar surface area (TPSA) is 58.6 Å². The van der Waals surface area contributed by atoms with Crippen LogP contribution in [0, 0.1) is 5.82 Å².